The first kappa shape index (κ1) is 13.3. The van der Waals surface area contributed by atoms with Gasteiger partial charge in [-0.1, -0.05) is 18.9 Å². The number of anilines is 1. The third-order valence-corrected chi connectivity index (χ3v) is 5.67. The zero-order valence-corrected chi connectivity index (χ0v) is 12.6. The van der Waals surface area contributed by atoms with E-state index in [-0.39, 0.29) is 0 Å². The van der Waals surface area contributed by atoms with Gasteiger partial charge in [0.1, 0.15) is 0 Å². The van der Waals surface area contributed by atoms with E-state index in [1.165, 1.54) is 54.8 Å². The van der Waals surface area contributed by atoms with Gasteiger partial charge in [-0.15, -0.1) is 11.8 Å². The summed E-state index contributed by atoms with van der Waals surface area (Å²) in [5, 5.41) is 0. The Labute approximate surface area is 120 Å². The number of nitrogens with zero attached hydrogens (tertiary/aromatic N) is 1. The van der Waals surface area contributed by atoms with Crippen LogP contribution in [-0.4, -0.2) is 18.8 Å². The van der Waals surface area contributed by atoms with Gasteiger partial charge in [-0.25, -0.2) is 0 Å². The van der Waals surface area contributed by atoms with Crippen LogP contribution in [0.3, 0.4) is 0 Å². The molecule has 1 aliphatic carbocycles. The summed E-state index contributed by atoms with van der Waals surface area (Å²) in [5.74, 6) is 0.928. The van der Waals surface area contributed by atoms with E-state index < -0.39 is 0 Å². The van der Waals surface area contributed by atoms with Crippen LogP contribution in [-0.2, 0) is 6.54 Å². The topological polar surface area (TPSA) is 29.3 Å². The predicted octanol–water partition coefficient (Wildman–Crippen LogP) is 3.64. The second-order valence-electron chi connectivity index (χ2n) is 5.76. The Morgan fingerprint density at radius 1 is 1.26 bits per heavy atom. The summed E-state index contributed by atoms with van der Waals surface area (Å²) >= 11 is 1.82. The third-order valence-electron chi connectivity index (χ3n) is 4.85. The largest absolute Gasteiger partial charge is 0.368 e. The molecule has 0 spiro atoms. The summed E-state index contributed by atoms with van der Waals surface area (Å²) in [6.45, 7) is 1.88. The van der Waals surface area contributed by atoms with Crippen molar-refractivity contribution in [1.29, 1.82) is 0 Å². The van der Waals surface area contributed by atoms with Gasteiger partial charge in [0.2, 0.25) is 0 Å². The Morgan fingerprint density at radius 2 is 2.11 bits per heavy atom. The van der Waals surface area contributed by atoms with Gasteiger partial charge in [0, 0.05) is 35.3 Å². The van der Waals surface area contributed by atoms with Crippen molar-refractivity contribution < 1.29 is 0 Å². The van der Waals surface area contributed by atoms with E-state index in [0.717, 1.165) is 12.0 Å². The van der Waals surface area contributed by atoms with E-state index in [4.69, 9.17) is 5.73 Å². The summed E-state index contributed by atoms with van der Waals surface area (Å²) in [6, 6.07) is 7.44. The molecule has 0 aromatic heterocycles. The van der Waals surface area contributed by atoms with Crippen LogP contribution < -0.4 is 10.6 Å². The molecule has 0 radical (unpaired) electrons. The number of hydrogen-bond donors (Lipinski definition) is 1. The van der Waals surface area contributed by atoms with Gasteiger partial charge < -0.3 is 10.6 Å². The minimum Gasteiger partial charge on any atom is -0.368 e. The minimum atomic E-state index is 0.653. The van der Waals surface area contributed by atoms with Crippen molar-refractivity contribution in [1.82, 2.24) is 0 Å². The molecule has 2 N–H and O–H groups in total. The van der Waals surface area contributed by atoms with Crippen molar-refractivity contribution in [2.45, 2.75) is 49.6 Å². The fraction of sp³-hybridized carbons (Fsp3) is 0.625. The summed E-state index contributed by atoms with van der Waals surface area (Å²) in [6.07, 6.45) is 9.16. The van der Waals surface area contributed by atoms with Crippen molar-refractivity contribution in [3.63, 3.8) is 0 Å². The van der Waals surface area contributed by atoms with Gasteiger partial charge in [0.15, 0.2) is 0 Å². The molecule has 2 aliphatic rings. The highest BCUT2D eigenvalue weighted by Gasteiger charge is 2.36. The fourth-order valence-corrected chi connectivity index (χ4v) is 4.57. The van der Waals surface area contributed by atoms with Crippen LogP contribution in [0.4, 0.5) is 5.69 Å². The van der Waals surface area contributed by atoms with E-state index in [1.54, 1.807) is 0 Å². The van der Waals surface area contributed by atoms with Gasteiger partial charge in [-0.3, -0.25) is 0 Å². The van der Waals surface area contributed by atoms with E-state index in [1.807, 2.05) is 11.8 Å². The number of fused-ring (bicyclic) bond motifs is 1. The van der Waals surface area contributed by atoms with Crippen LogP contribution in [0.15, 0.2) is 23.1 Å². The first-order chi connectivity index (χ1) is 9.35. The van der Waals surface area contributed by atoms with Gasteiger partial charge in [0.05, 0.1) is 0 Å². The van der Waals surface area contributed by atoms with E-state index in [0.29, 0.717) is 6.54 Å². The highest BCUT2D eigenvalue weighted by Crippen LogP contribution is 2.41. The monoisotopic (exact) mass is 276 g/mol. The molecule has 19 heavy (non-hydrogen) atoms. The first-order valence-corrected chi connectivity index (χ1v) is 8.70. The molecule has 3 heteroatoms. The quantitative estimate of drug-likeness (QED) is 0.855. The standard InChI is InChI=1S/C16H24N2S/c1-19-16-8-4-7-15(13(16)11-17)18-10-9-12-5-2-3-6-14(12)18/h4,7-8,12,14H,2-3,5-6,9-11,17H2,1H3. The maximum atomic E-state index is 6.02. The Balaban J connectivity index is 1.93. The molecule has 2 fully saturated rings. The lowest BCUT2D eigenvalue weighted by Crippen LogP contribution is -2.35. The van der Waals surface area contributed by atoms with Crippen molar-refractivity contribution in [2.75, 3.05) is 17.7 Å². The Kier molecular flexibility index (Phi) is 4.04. The summed E-state index contributed by atoms with van der Waals surface area (Å²) in [5.41, 5.74) is 8.78. The van der Waals surface area contributed by atoms with Crippen LogP contribution in [0.5, 0.6) is 0 Å². The van der Waals surface area contributed by atoms with Crippen molar-refractivity contribution in [2.24, 2.45) is 11.7 Å². The number of rotatable bonds is 3. The minimum absolute atomic E-state index is 0.653. The molecule has 1 saturated carbocycles. The molecule has 2 unspecified atom stereocenters. The van der Waals surface area contributed by atoms with Crippen molar-refractivity contribution in [3.05, 3.63) is 23.8 Å². The molecule has 0 bridgehead atoms. The SMILES string of the molecule is CSc1cccc(N2CCC3CCCCC32)c1CN. The number of benzene rings is 1. The second kappa shape index (κ2) is 5.76. The average Bonchev–Trinajstić information content (AvgIpc) is 2.90. The van der Waals surface area contributed by atoms with Crippen molar-refractivity contribution >= 4 is 17.4 Å². The predicted molar refractivity (Wildman–Crippen MR) is 83.8 cm³/mol. The molecule has 104 valence electrons. The Bertz CT molecular complexity index is 446. The fourth-order valence-electron chi connectivity index (χ4n) is 3.92. The van der Waals surface area contributed by atoms with E-state index in [2.05, 4.69) is 29.4 Å². The lowest BCUT2D eigenvalue weighted by Gasteiger charge is -2.34. The summed E-state index contributed by atoms with van der Waals surface area (Å²) < 4.78 is 0. The van der Waals surface area contributed by atoms with Crippen molar-refractivity contribution in [3.8, 4) is 0 Å². The maximum Gasteiger partial charge on any atom is 0.0425 e. The average molecular weight is 276 g/mol. The maximum absolute atomic E-state index is 6.02. The van der Waals surface area contributed by atoms with Gasteiger partial charge >= 0.3 is 0 Å². The third kappa shape index (κ3) is 2.38. The lowest BCUT2D eigenvalue weighted by atomic mass is 9.85. The van der Waals surface area contributed by atoms with Gasteiger partial charge in [0.25, 0.3) is 0 Å². The molecule has 1 aliphatic heterocycles. The van der Waals surface area contributed by atoms with Crippen LogP contribution in [0.2, 0.25) is 0 Å². The molecular formula is C16H24N2S. The normalized spacial score (nSPS) is 26.5. The van der Waals surface area contributed by atoms with Crippen LogP contribution in [0.25, 0.3) is 0 Å². The molecule has 3 rings (SSSR count). The zero-order chi connectivity index (χ0) is 13.2. The molecule has 1 heterocycles. The molecule has 2 nitrogen and oxygen atoms in total. The lowest BCUT2D eigenvalue weighted by molar-refractivity contribution is 0.342. The number of thioether (sulfide) groups is 1. The van der Waals surface area contributed by atoms with E-state index in [9.17, 15) is 0 Å². The molecule has 1 saturated heterocycles. The molecule has 2 atom stereocenters. The smallest absolute Gasteiger partial charge is 0.0425 e. The highest BCUT2D eigenvalue weighted by molar-refractivity contribution is 7.98. The summed E-state index contributed by atoms with van der Waals surface area (Å²) in [7, 11) is 0. The molecule has 1 aromatic carbocycles. The zero-order valence-electron chi connectivity index (χ0n) is 11.8. The van der Waals surface area contributed by atoms with Gasteiger partial charge in [-0.05, 0) is 43.6 Å². The Morgan fingerprint density at radius 3 is 2.89 bits per heavy atom. The Hall–Kier alpha value is -0.670. The van der Waals surface area contributed by atoms with Crippen LogP contribution in [0.1, 0.15) is 37.7 Å². The first-order valence-electron chi connectivity index (χ1n) is 7.47. The molecule has 0 amide bonds. The van der Waals surface area contributed by atoms with Gasteiger partial charge in [-0.2, -0.15) is 0 Å². The van der Waals surface area contributed by atoms with Crippen LogP contribution >= 0.6 is 11.8 Å². The number of nitrogens with two attached hydrogens (primary N) is 1. The highest BCUT2D eigenvalue weighted by atomic mass is 32.2. The second-order valence-corrected chi connectivity index (χ2v) is 6.60. The summed E-state index contributed by atoms with van der Waals surface area (Å²) in [4.78, 5) is 4.01. The number of hydrogen-bond acceptors (Lipinski definition) is 3. The molecule has 1 aromatic rings. The van der Waals surface area contributed by atoms with E-state index >= 15 is 0 Å². The van der Waals surface area contributed by atoms with Crippen LogP contribution in [0, 0.1) is 5.92 Å². The molecular weight excluding hydrogens is 252 g/mol.